The third-order valence-electron chi connectivity index (χ3n) is 12.1. The normalized spacial score (nSPS) is 29.3. The van der Waals surface area contributed by atoms with Gasteiger partial charge < -0.3 is 39.0 Å². The summed E-state index contributed by atoms with van der Waals surface area (Å²) in [4.78, 5) is 61.6. The Labute approximate surface area is 320 Å². The average Bonchev–Trinajstić information content (AvgIpc) is 3.37. The summed E-state index contributed by atoms with van der Waals surface area (Å²) >= 11 is 0. The van der Waals surface area contributed by atoms with Crippen molar-refractivity contribution in [3.05, 3.63) is 11.1 Å². The summed E-state index contributed by atoms with van der Waals surface area (Å²) in [5.41, 5.74) is -0.403. The van der Waals surface area contributed by atoms with Crippen LogP contribution in [0.25, 0.3) is 0 Å². The number of cyclic esters (lactones) is 2. The number of aliphatic hydroxyl groups is 3. The smallest absolute Gasteiger partial charge is 0.345 e. The number of carbonyl (C=O) groups excluding carboxylic acids is 5. The molecule has 13 atom stereocenters. The lowest BCUT2D eigenvalue weighted by atomic mass is 9.79. The number of aliphatic hydroxyl groups excluding tert-OH is 3. The Hall–Kier alpha value is -2.55. The molecule has 0 unspecified atom stereocenters. The largest absolute Gasteiger partial charge is 0.459 e. The number of esters is 3. The van der Waals surface area contributed by atoms with Gasteiger partial charge in [-0.1, -0.05) is 48.5 Å². The molecule has 3 N–H and O–H groups in total. The van der Waals surface area contributed by atoms with Gasteiger partial charge in [0.1, 0.15) is 23.8 Å². The SMILES string of the molecule is CO[C@@H]([C@H](O)CC(=O)[C@@H](C)[C@@H](O)CC[C@@H](C)[C@@H]1O[C@]2(CC[C@@H](C)[C@H](CC[C@H](C)C(C)=O)O2)CC[C@@H]1C)[C@H](OC(=O)C[C@@H](O)C1=C(C)C(=O)OC1=O)C(C)C. The van der Waals surface area contributed by atoms with E-state index in [9.17, 15) is 39.3 Å². The molecule has 0 aromatic carbocycles. The van der Waals surface area contributed by atoms with Crippen molar-refractivity contribution in [1.82, 2.24) is 0 Å². The van der Waals surface area contributed by atoms with Crippen LogP contribution >= 0.6 is 0 Å². The third kappa shape index (κ3) is 11.7. The number of carbonyl (C=O) groups is 5. The maximum Gasteiger partial charge on any atom is 0.345 e. The molecule has 13 nitrogen and oxygen atoms in total. The molecule has 1 spiro atoms. The Morgan fingerprint density at radius 2 is 1.48 bits per heavy atom. The van der Waals surface area contributed by atoms with Crippen LogP contribution in [0.5, 0.6) is 0 Å². The third-order valence-corrected chi connectivity index (χ3v) is 12.1. The fourth-order valence-corrected chi connectivity index (χ4v) is 8.02. The van der Waals surface area contributed by atoms with Gasteiger partial charge in [0, 0.05) is 43.8 Å². The number of methoxy groups -OCH3 is 1. The zero-order valence-electron chi connectivity index (χ0n) is 34.0. The van der Waals surface area contributed by atoms with Gasteiger partial charge in [0.25, 0.3) is 0 Å². The molecule has 0 radical (unpaired) electrons. The Morgan fingerprint density at radius 3 is 2.04 bits per heavy atom. The van der Waals surface area contributed by atoms with Crippen molar-refractivity contribution in [2.45, 2.75) is 175 Å². The van der Waals surface area contributed by atoms with Gasteiger partial charge in [0.05, 0.1) is 42.5 Å². The predicted molar refractivity (Wildman–Crippen MR) is 197 cm³/mol. The Balaban J connectivity index is 1.54. The van der Waals surface area contributed by atoms with E-state index in [1.54, 1.807) is 27.7 Å². The van der Waals surface area contributed by atoms with E-state index in [4.69, 9.17) is 18.9 Å². The van der Waals surface area contributed by atoms with Crippen molar-refractivity contribution in [2.75, 3.05) is 7.11 Å². The predicted octanol–water partition coefficient (Wildman–Crippen LogP) is 4.79. The van der Waals surface area contributed by atoms with E-state index in [1.807, 2.05) is 6.92 Å². The average molecular weight is 767 g/mol. The number of rotatable bonds is 20. The first-order valence-corrected chi connectivity index (χ1v) is 19.8. The monoisotopic (exact) mass is 766 g/mol. The van der Waals surface area contributed by atoms with Crippen molar-refractivity contribution in [3.8, 4) is 0 Å². The lowest BCUT2D eigenvalue weighted by Gasteiger charge is -2.51. The van der Waals surface area contributed by atoms with Crippen LogP contribution in [0.3, 0.4) is 0 Å². The molecule has 2 fully saturated rings. The van der Waals surface area contributed by atoms with Crippen LogP contribution in [0, 0.1) is 35.5 Å². The lowest BCUT2D eigenvalue weighted by Crippen LogP contribution is -2.53. The second-order valence-electron chi connectivity index (χ2n) is 16.8. The highest BCUT2D eigenvalue weighted by molar-refractivity contribution is 6.12. The van der Waals surface area contributed by atoms with E-state index < -0.39 is 66.6 Å². The van der Waals surface area contributed by atoms with Crippen molar-refractivity contribution in [1.29, 1.82) is 0 Å². The van der Waals surface area contributed by atoms with Gasteiger partial charge in [-0.3, -0.25) is 14.4 Å². The fourth-order valence-electron chi connectivity index (χ4n) is 8.02. The summed E-state index contributed by atoms with van der Waals surface area (Å²) in [5.74, 6) is -4.07. The maximum absolute atomic E-state index is 13.3. The molecule has 0 amide bonds. The molecule has 3 heterocycles. The van der Waals surface area contributed by atoms with Gasteiger partial charge >= 0.3 is 17.9 Å². The fraction of sp³-hybridized carbons (Fsp3) is 0.829. The maximum atomic E-state index is 13.3. The van der Waals surface area contributed by atoms with Crippen LogP contribution in [0.4, 0.5) is 0 Å². The van der Waals surface area contributed by atoms with E-state index in [2.05, 4.69) is 25.5 Å². The molecule has 0 saturated carbocycles. The first kappa shape index (κ1) is 45.8. The molecule has 308 valence electrons. The van der Waals surface area contributed by atoms with Crippen LogP contribution in [0.15, 0.2) is 11.1 Å². The molecule has 0 aliphatic carbocycles. The van der Waals surface area contributed by atoms with Gasteiger partial charge in [-0.25, -0.2) is 9.59 Å². The number of ketones is 2. The quantitative estimate of drug-likeness (QED) is 0.113. The van der Waals surface area contributed by atoms with Crippen LogP contribution in [0.1, 0.15) is 127 Å². The topological polar surface area (TPSA) is 192 Å². The molecule has 0 bridgehead atoms. The zero-order chi connectivity index (χ0) is 40.7. The van der Waals surface area contributed by atoms with E-state index in [1.165, 1.54) is 14.0 Å². The molecule has 2 saturated heterocycles. The van der Waals surface area contributed by atoms with Gasteiger partial charge in [-0.2, -0.15) is 0 Å². The second-order valence-corrected chi connectivity index (χ2v) is 16.8. The van der Waals surface area contributed by atoms with Crippen LogP contribution in [-0.4, -0.2) is 100 Å². The van der Waals surface area contributed by atoms with E-state index >= 15 is 0 Å². The zero-order valence-corrected chi connectivity index (χ0v) is 34.0. The van der Waals surface area contributed by atoms with Gasteiger partial charge in [-0.15, -0.1) is 0 Å². The summed E-state index contributed by atoms with van der Waals surface area (Å²) in [5, 5.41) is 32.7. The molecule has 3 aliphatic heterocycles. The van der Waals surface area contributed by atoms with Crippen LogP contribution < -0.4 is 0 Å². The minimum absolute atomic E-state index is 0.00210. The Bertz CT molecular complexity index is 1350. The molecule has 0 aromatic rings. The molecule has 0 aromatic heterocycles. The number of Topliss-reactive ketones (excluding diaryl/α,β-unsaturated/α-hetero) is 2. The van der Waals surface area contributed by atoms with Crippen LogP contribution in [0.2, 0.25) is 0 Å². The highest BCUT2D eigenvalue weighted by Crippen LogP contribution is 2.45. The standard InChI is InChI=1S/C41H66O13/c1-21(2)36(51-34(47)20-31(45)35-27(8)39(48)52-40(35)49)38(50-10)32(46)19-30(44)26(7)29(43)13-11-24(5)37-25(6)16-18-41(54-37)17-15-23(4)33(53-41)14-12-22(3)28(9)42/h21-26,29,31-33,36-38,43,45-46H,11-20H2,1-10H3/t22-,23+,24+,25-,26-,29-,31+,32+,33-,36+,37-,38-,41+/m0/s1. The van der Waals surface area contributed by atoms with Crippen LogP contribution in [-0.2, 0) is 47.7 Å². The summed E-state index contributed by atoms with van der Waals surface area (Å²) in [6.45, 7) is 16.5. The van der Waals surface area contributed by atoms with Gasteiger partial charge in [0.15, 0.2) is 5.79 Å². The minimum Gasteiger partial charge on any atom is -0.459 e. The number of hydrogen-bond donors (Lipinski definition) is 3. The summed E-state index contributed by atoms with van der Waals surface area (Å²) < 4.78 is 29.1. The minimum atomic E-state index is -1.63. The number of ether oxygens (including phenoxy) is 5. The molecule has 13 heteroatoms. The van der Waals surface area contributed by atoms with Crippen molar-refractivity contribution >= 4 is 29.5 Å². The first-order chi connectivity index (χ1) is 25.2. The van der Waals surface area contributed by atoms with Crippen molar-refractivity contribution < 1.29 is 63.0 Å². The number of hydrogen-bond acceptors (Lipinski definition) is 13. The lowest BCUT2D eigenvalue weighted by molar-refractivity contribution is -0.338. The molecule has 3 rings (SSSR count). The highest BCUT2D eigenvalue weighted by Gasteiger charge is 2.48. The summed E-state index contributed by atoms with van der Waals surface area (Å²) in [6.07, 6.45) is -1.03. The highest BCUT2D eigenvalue weighted by atomic mass is 16.7. The van der Waals surface area contributed by atoms with E-state index in [0.717, 1.165) is 38.5 Å². The Kier molecular flexibility index (Phi) is 17.0. The summed E-state index contributed by atoms with van der Waals surface area (Å²) in [7, 11) is 1.32. The van der Waals surface area contributed by atoms with Crippen molar-refractivity contribution in [3.63, 3.8) is 0 Å². The molecular formula is C41H66O13. The van der Waals surface area contributed by atoms with E-state index in [0.29, 0.717) is 18.8 Å². The van der Waals surface area contributed by atoms with Gasteiger partial charge in [0.2, 0.25) is 0 Å². The summed E-state index contributed by atoms with van der Waals surface area (Å²) in [6, 6.07) is 0. The second kappa shape index (κ2) is 20.0. The molecule has 54 heavy (non-hydrogen) atoms. The molecular weight excluding hydrogens is 700 g/mol. The molecule has 3 aliphatic rings. The Morgan fingerprint density at radius 1 is 0.852 bits per heavy atom. The van der Waals surface area contributed by atoms with Crippen molar-refractivity contribution in [2.24, 2.45) is 35.5 Å². The van der Waals surface area contributed by atoms with E-state index in [-0.39, 0.29) is 65.0 Å². The van der Waals surface area contributed by atoms with Gasteiger partial charge in [-0.05, 0) is 76.0 Å². The first-order valence-electron chi connectivity index (χ1n) is 19.8.